The Morgan fingerprint density at radius 3 is 2.31 bits per heavy atom. The molecule has 0 saturated heterocycles. The number of benzene rings is 2. The number of hydrogen-bond acceptors (Lipinski definition) is 4. The predicted octanol–water partition coefficient (Wildman–Crippen LogP) is 3.99. The molecule has 0 spiro atoms. The van der Waals surface area contributed by atoms with Gasteiger partial charge in [-0.25, -0.2) is 0 Å². The summed E-state index contributed by atoms with van der Waals surface area (Å²) < 4.78 is 5.03. The van der Waals surface area contributed by atoms with E-state index in [1.54, 1.807) is 0 Å². The molecule has 0 atom stereocenters. The average molecular weight is 451 g/mol. The Kier molecular flexibility index (Phi) is 6.94. The van der Waals surface area contributed by atoms with Gasteiger partial charge in [0.25, 0.3) is 0 Å². The number of fused-ring (bicyclic) bond motifs is 2. The quantitative estimate of drug-likeness (QED) is 0.329. The third-order valence-electron chi connectivity index (χ3n) is 7.35. The van der Waals surface area contributed by atoms with E-state index in [0.29, 0.717) is 13.0 Å². The molecule has 2 heterocycles. The van der Waals surface area contributed by atoms with Crippen LogP contribution in [0.25, 0.3) is 0 Å². The third kappa shape index (κ3) is 4.73. The monoisotopic (exact) mass is 450 g/mol. The van der Waals surface area contributed by atoms with Gasteiger partial charge < -0.3 is 14.5 Å². The van der Waals surface area contributed by atoms with Crippen LogP contribution in [0.2, 0.25) is 13.1 Å². The van der Waals surface area contributed by atoms with Crippen molar-refractivity contribution >= 4 is 35.8 Å². The molecule has 4 rings (SSSR count). The van der Waals surface area contributed by atoms with Crippen molar-refractivity contribution in [1.29, 1.82) is 0 Å². The van der Waals surface area contributed by atoms with Gasteiger partial charge in [0.2, 0.25) is 0 Å². The van der Waals surface area contributed by atoms with E-state index in [0.717, 1.165) is 45.3 Å². The molecule has 0 radical (unpaired) electrons. The van der Waals surface area contributed by atoms with Gasteiger partial charge in [-0.3, -0.25) is 4.79 Å². The molecule has 32 heavy (non-hydrogen) atoms. The van der Waals surface area contributed by atoms with Crippen molar-refractivity contribution in [3.63, 3.8) is 0 Å². The summed E-state index contributed by atoms with van der Waals surface area (Å²) in [6.07, 6.45) is 5.98. The fourth-order valence-corrected chi connectivity index (χ4v) is 7.47. The van der Waals surface area contributed by atoms with E-state index in [9.17, 15) is 4.79 Å². The molecule has 0 aromatic heterocycles. The maximum atomic E-state index is 11.5. The van der Waals surface area contributed by atoms with Crippen molar-refractivity contribution in [3.8, 4) is 0 Å². The number of nitrogens with zero attached hydrogens (tertiary/aromatic N) is 2. The molecule has 2 aromatic carbocycles. The highest BCUT2D eigenvalue weighted by Crippen LogP contribution is 2.29. The fraction of sp³-hybridized carbons (Fsp3) is 0.519. The molecule has 0 saturated carbocycles. The van der Waals surface area contributed by atoms with E-state index in [1.165, 1.54) is 39.3 Å². The van der Waals surface area contributed by atoms with Crippen molar-refractivity contribution < 1.29 is 9.53 Å². The highest BCUT2D eigenvalue weighted by Gasteiger charge is 2.30. The normalized spacial score (nSPS) is 15.1. The van der Waals surface area contributed by atoms with Gasteiger partial charge in [0.1, 0.15) is 8.07 Å². The Labute approximate surface area is 194 Å². The standard InChI is InChI=1S/C27H38N2O2Si/c1-5-31-27(30)9-7-6-8-16-29-18-15-22-11-13-24(20-26(22)29)32(3,4)23-12-10-21-14-17-28(2)25(21)19-23/h10-13,19-20H,5-9,14-18H2,1-4H3. The van der Waals surface area contributed by atoms with E-state index in [-0.39, 0.29) is 5.97 Å². The van der Waals surface area contributed by atoms with E-state index < -0.39 is 8.07 Å². The van der Waals surface area contributed by atoms with Crippen molar-refractivity contribution in [2.75, 3.05) is 43.1 Å². The third-order valence-corrected chi connectivity index (χ3v) is 10.9. The van der Waals surface area contributed by atoms with Crippen molar-refractivity contribution in [3.05, 3.63) is 47.5 Å². The Hall–Kier alpha value is -2.27. The molecule has 0 unspecified atom stereocenters. The topological polar surface area (TPSA) is 32.8 Å². The lowest BCUT2D eigenvalue weighted by molar-refractivity contribution is -0.143. The van der Waals surface area contributed by atoms with Crippen LogP contribution in [0.15, 0.2) is 36.4 Å². The summed E-state index contributed by atoms with van der Waals surface area (Å²) in [6, 6.07) is 14.5. The summed E-state index contributed by atoms with van der Waals surface area (Å²) in [5.41, 5.74) is 5.84. The van der Waals surface area contributed by atoms with E-state index in [1.807, 2.05) is 6.92 Å². The zero-order valence-corrected chi connectivity index (χ0v) is 21.2. The van der Waals surface area contributed by atoms with Gasteiger partial charge in [0, 0.05) is 44.5 Å². The Bertz CT molecular complexity index is 972. The molecule has 172 valence electrons. The molecule has 0 aliphatic carbocycles. The van der Waals surface area contributed by atoms with Gasteiger partial charge in [-0.1, -0.05) is 54.2 Å². The second-order valence-electron chi connectivity index (χ2n) is 9.84. The highest BCUT2D eigenvalue weighted by atomic mass is 28.3. The molecule has 2 aromatic rings. The van der Waals surface area contributed by atoms with Gasteiger partial charge in [0.05, 0.1) is 6.61 Å². The minimum atomic E-state index is -1.77. The van der Waals surface area contributed by atoms with Gasteiger partial charge >= 0.3 is 5.97 Å². The molecule has 4 nitrogen and oxygen atoms in total. The first kappa shape index (κ1) is 22.9. The van der Waals surface area contributed by atoms with E-state index >= 15 is 0 Å². The second-order valence-corrected chi connectivity index (χ2v) is 14.2. The Morgan fingerprint density at radius 1 is 0.938 bits per heavy atom. The summed E-state index contributed by atoms with van der Waals surface area (Å²) in [5.74, 6) is -0.0615. The number of likely N-dealkylation sites (N-methyl/N-ethyl adjacent to an activating group) is 1. The molecule has 0 N–H and O–H groups in total. The van der Waals surface area contributed by atoms with Gasteiger partial charge in [-0.05, 0) is 55.9 Å². The number of carbonyl (C=O) groups excluding carboxylic acids is 1. The fourth-order valence-electron chi connectivity index (χ4n) is 5.14. The molecule has 0 amide bonds. The largest absolute Gasteiger partial charge is 0.466 e. The maximum Gasteiger partial charge on any atom is 0.305 e. The smallest absolute Gasteiger partial charge is 0.305 e. The number of anilines is 2. The Balaban J connectivity index is 1.43. The van der Waals surface area contributed by atoms with Crippen LogP contribution in [0.3, 0.4) is 0 Å². The first-order valence-electron chi connectivity index (χ1n) is 12.3. The summed E-state index contributed by atoms with van der Waals surface area (Å²) in [7, 11) is 0.443. The lowest BCUT2D eigenvalue weighted by Crippen LogP contribution is -2.53. The van der Waals surface area contributed by atoms with Crippen LogP contribution in [0.5, 0.6) is 0 Å². The van der Waals surface area contributed by atoms with Crippen LogP contribution < -0.4 is 20.2 Å². The molecule has 0 bridgehead atoms. The summed E-state index contributed by atoms with van der Waals surface area (Å²) in [4.78, 5) is 16.5. The Morgan fingerprint density at radius 2 is 1.59 bits per heavy atom. The van der Waals surface area contributed by atoms with Crippen LogP contribution in [-0.2, 0) is 22.4 Å². The van der Waals surface area contributed by atoms with Crippen LogP contribution in [-0.4, -0.2) is 47.3 Å². The van der Waals surface area contributed by atoms with Crippen LogP contribution in [0.1, 0.15) is 43.7 Å². The zero-order chi connectivity index (χ0) is 22.7. The first-order chi connectivity index (χ1) is 15.4. The molecular formula is C27H38N2O2Si. The summed E-state index contributed by atoms with van der Waals surface area (Å²) in [6.45, 7) is 10.6. The molecule has 2 aliphatic rings. The highest BCUT2D eigenvalue weighted by molar-refractivity contribution is 7.00. The zero-order valence-electron chi connectivity index (χ0n) is 20.2. The van der Waals surface area contributed by atoms with Crippen LogP contribution in [0, 0.1) is 0 Å². The predicted molar refractivity (Wildman–Crippen MR) is 138 cm³/mol. The first-order valence-corrected chi connectivity index (χ1v) is 15.3. The molecule has 5 heteroatoms. The van der Waals surface area contributed by atoms with Crippen molar-refractivity contribution in [2.45, 2.75) is 58.5 Å². The van der Waals surface area contributed by atoms with Gasteiger partial charge in [-0.2, -0.15) is 0 Å². The summed E-state index contributed by atoms with van der Waals surface area (Å²) >= 11 is 0. The van der Waals surface area contributed by atoms with Gasteiger partial charge in [0.15, 0.2) is 0 Å². The summed E-state index contributed by atoms with van der Waals surface area (Å²) in [5, 5.41) is 3.04. The number of ether oxygens (including phenoxy) is 1. The number of hydrogen-bond donors (Lipinski definition) is 0. The van der Waals surface area contributed by atoms with Crippen molar-refractivity contribution in [1.82, 2.24) is 0 Å². The number of unbranched alkanes of at least 4 members (excludes halogenated alkanes) is 2. The number of rotatable bonds is 9. The second kappa shape index (κ2) is 9.70. The van der Waals surface area contributed by atoms with Crippen LogP contribution >= 0.6 is 0 Å². The minimum absolute atomic E-state index is 0.0615. The number of carbonyl (C=O) groups is 1. The number of esters is 1. The maximum absolute atomic E-state index is 11.5. The van der Waals surface area contributed by atoms with E-state index in [2.05, 4.69) is 66.3 Å². The van der Waals surface area contributed by atoms with Crippen molar-refractivity contribution in [2.24, 2.45) is 0 Å². The van der Waals surface area contributed by atoms with E-state index in [4.69, 9.17) is 4.74 Å². The van der Waals surface area contributed by atoms with Crippen LogP contribution in [0.4, 0.5) is 11.4 Å². The molecular weight excluding hydrogens is 412 g/mol. The van der Waals surface area contributed by atoms with Gasteiger partial charge in [-0.15, -0.1) is 0 Å². The average Bonchev–Trinajstić information content (AvgIpc) is 3.36. The lowest BCUT2D eigenvalue weighted by Gasteiger charge is -2.27. The lowest BCUT2D eigenvalue weighted by atomic mass is 10.1. The SMILES string of the molecule is CCOC(=O)CCCCCN1CCc2ccc([Si](C)(C)c3ccc4c(c3)N(C)CC4)cc21. The molecule has 2 aliphatic heterocycles. The minimum Gasteiger partial charge on any atom is -0.466 e. The molecule has 0 fully saturated rings.